The average molecular weight is 328 g/mol. The van der Waals surface area contributed by atoms with Gasteiger partial charge >= 0.3 is 5.97 Å². The molecule has 1 N–H and O–H groups in total. The van der Waals surface area contributed by atoms with E-state index < -0.39 is 5.97 Å². The van der Waals surface area contributed by atoms with Gasteiger partial charge in [0.15, 0.2) is 11.5 Å². The SMILES string of the molecule is C[C@H](c1ccc2c(c1)OCCO2)N(C)Cc1ncccc1C(=O)O. The van der Waals surface area contributed by atoms with Gasteiger partial charge in [-0.1, -0.05) is 6.07 Å². The number of carbonyl (C=O) groups is 1. The lowest BCUT2D eigenvalue weighted by atomic mass is 10.1. The number of hydrogen-bond donors (Lipinski definition) is 1. The largest absolute Gasteiger partial charge is 0.486 e. The fourth-order valence-electron chi connectivity index (χ4n) is 2.71. The molecule has 1 aromatic carbocycles. The number of hydrogen-bond acceptors (Lipinski definition) is 5. The number of pyridine rings is 1. The summed E-state index contributed by atoms with van der Waals surface area (Å²) in [6, 6.07) is 9.18. The van der Waals surface area contributed by atoms with Crippen molar-refractivity contribution in [3.8, 4) is 11.5 Å². The molecule has 0 fully saturated rings. The monoisotopic (exact) mass is 328 g/mol. The molecule has 3 rings (SSSR count). The number of carboxylic acids is 1. The topological polar surface area (TPSA) is 71.9 Å². The molecule has 0 radical (unpaired) electrons. The normalized spacial score (nSPS) is 14.5. The number of benzene rings is 1. The zero-order chi connectivity index (χ0) is 17.1. The van der Waals surface area contributed by atoms with Crippen molar-refractivity contribution in [2.24, 2.45) is 0 Å². The predicted octanol–water partition coefficient (Wildman–Crippen LogP) is 2.74. The highest BCUT2D eigenvalue weighted by Gasteiger charge is 2.19. The van der Waals surface area contributed by atoms with Gasteiger partial charge in [-0.3, -0.25) is 9.88 Å². The minimum Gasteiger partial charge on any atom is -0.486 e. The van der Waals surface area contributed by atoms with Crippen LogP contribution in [0, 0.1) is 0 Å². The standard InChI is InChI=1S/C18H20N2O4/c1-12(13-5-6-16-17(10-13)24-9-8-23-16)20(2)11-15-14(18(21)22)4-3-7-19-15/h3-7,10,12H,8-9,11H2,1-2H3,(H,21,22)/t12-/m1/s1. The number of aromatic nitrogens is 1. The van der Waals surface area contributed by atoms with Crippen molar-refractivity contribution in [2.45, 2.75) is 19.5 Å². The lowest BCUT2D eigenvalue weighted by molar-refractivity contribution is 0.0693. The maximum atomic E-state index is 11.3. The Bertz CT molecular complexity index is 748. The molecule has 2 heterocycles. The Kier molecular flexibility index (Phi) is 4.66. The van der Waals surface area contributed by atoms with Crippen molar-refractivity contribution in [2.75, 3.05) is 20.3 Å². The second-order valence-electron chi connectivity index (χ2n) is 5.80. The van der Waals surface area contributed by atoms with E-state index >= 15 is 0 Å². The third kappa shape index (κ3) is 3.33. The fraction of sp³-hybridized carbons (Fsp3) is 0.333. The van der Waals surface area contributed by atoms with Gasteiger partial charge in [0.05, 0.1) is 11.3 Å². The highest BCUT2D eigenvalue weighted by Crippen LogP contribution is 2.34. The van der Waals surface area contributed by atoms with Gasteiger partial charge in [-0.25, -0.2) is 4.79 Å². The Morgan fingerprint density at radius 3 is 2.79 bits per heavy atom. The van der Waals surface area contributed by atoms with Crippen LogP contribution in [0.1, 0.15) is 34.6 Å². The lowest BCUT2D eigenvalue weighted by Crippen LogP contribution is -2.24. The number of rotatable bonds is 5. The summed E-state index contributed by atoms with van der Waals surface area (Å²) < 4.78 is 11.2. The fourth-order valence-corrected chi connectivity index (χ4v) is 2.71. The summed E-state index contributed by atoms with van der Waals surface area (Å²) in [5.41, 5.74) is 1.87. The zero-order valence-corrected chi connectivity index (χ0v) is 13.7. The van der Waals surface area contributed by atoms with Crippen LogP contribution in [-0.2, 0) is 6.54 Å². The van der Waals surface area contributed by atoms with Crippen LogP contribution in [0.25, 0.3) is 0 Å². The van der Waals surface area contributed by atoms with Gasteiger partial charge in [0.2, 0.25) is 0 Å². The van der Waals surface area contributed by atoms with Gasteiger partial charge in [0.25, 0.3) is 0 Å². The molecule has 0 spiro atoms. The summed E-state index contributed by atoms with van der Waals surface area (Å²) in [4.78, 5) is 17.6. The molecule has 24 heavy (non-hydrogen) atoms. The highest BCUT2D eigenvalue weighted by molar-refractivity contribution is 5.88. The summed E-state index contributed by atoms with van der Waals surface area (Å²) in [7, 11) is 1.95. The second kappa shape index (κ2) is 6.88. The Labute approximate surface area is 140 Å². The second-order valence-corrected chi connectivity index (χ2v) is 5.80. The molecule has 6 nitrogen and oxygen atoms in total. The zero-order valence-electron chi connectivity index (χ0n) is 13.7. The lowest BCUT2D eigenvalue weighted by Gasteiger charge is -2.27. The molecule has 0 saturated heterocycles. The van der Waals surface area contributed by atoms with Crippen molar-refractivity contribution in [1.82, 2.24) is 9.88 Å². The molecule has 2 aromatic rings. The molecule has 126 valence electrons. The highest BCUT2D eigenvalue weighted by atomic mass is 16.6. The first-order valence-corrected chi connectivity index (χ1v) is 7.83. The number of ether oxygens (including phenoxy) is 2. The van der Waals surface area contributed by atoms with Gasteiger partial charge < -0.3 is 14.6 Å². The Balaban J connectivity index is 1.78. The van der Waals surface area contributed by atoms with Crippen LogP contribution in [0.2, 0.25) is 0 Å². The third-order valence-corrected chi connectivity index (χ3v) is 4.23. The van der Waals surface area contributed by atoms with Crippen molar-refractivity contribution in [3.05, 3.63) is 53.3 Å². The first kappa shape index (κ1) is 16.3. The molecule has 1 atom stereocenters. The summed E-state index contributed by atoms with van der Waals surface area (Å²) in [5, 5.41) is 9.28. The minimum atomic E-state index is -0.960. The van der Waals surface area contributed by atoms with Crippen LogP contribution in [0.4, 0.5) is 0 Å². The predicted molar refractivity (Wildman–Crippen MR) is 88.5 cm³/mol. The van der Waals surface area contributed by atoms with Crippen molar-refractivity contribution >= 4 is 5.97 Å². The molecular weight excluding hydrogens is 308 g/mol. The number of carboxylic acid groups (broad SMARTS) is 1. The molecule has 6 heteroatoms. The summed E-state index contributed by atoms with van der Waals surface area (Å²) >= 11 is 0. The van der Waals surface area contributed by atoms with Gasteiger partial charge in [0.1, 0.15) is 13.2 Å². The van der Waals surface area contributed by atoms with Crippen LogP contribution in [0.15, 0.2) is 36.5 Å². The first-order valence-electron chi connectivity index (χ1n) is 7.83. The Morgan fingerprint density at radius 1 is 1.29 bits per heavy atom. The van der Waals surface area contributed by atoms with E-state index in [2.05, 4.69) is 16.8 Å². The van der Waals surface area contributed by atoms with Crippen molar-refractivity contribution < 1.29 is 19.4 Å². The number of fused-ring (bicyclic) bond motifs is 1. The van der Waals surface area contributed by atoms with E-state index in [4.69, 9.17) is 9.47 Å². The molecular formula is C18H20N2O4. The van der Waals surface area contributed by atoms with E-state index in [1.165, 1.54) is 0 Å². The summed E-state index contributed by atoms with van der Waals surface area (Å²) in [6.07, 6.45) is 1.62. The van der Waals surface area contributed by atoms with Crippen molar-refractivity contribution in [1.29, 1.82) is 0 Å². The number of nitrogens with zero attached hydrogens (tertiary/aromatic N) is 2. The van der Waals surface area contributed by atoms with E-state index in [1.807, 2.05) is 25.2 Å². The van der Waals surface area contributed by atoms with Crippen LogP contribution in [-0.4, -0.2) is 41.2 Å². The quantitative estimate of drug-likeness (QED) is 0.910. The van der Waals surface area contributed by atoms with Crippen molar-refractivity contribution in [3.63, 3.8) is 0 Å². The van der Waals surface area contributed by atoms with Gasteiger partial charge in [-0.15, -0.1) is 0 Å². The summed E-state index contributed by atoms with van der Waals surface area (Å²) in [6.45, 7) is 3.63. The van der Waals surface area contributed by atoms with Crippen LogP contribution in [0.5, 0.6) is 11.5 Å². The Morgan fingerprint density at radius 2 is 2.04 bits per heavy atom. The smallest absolute Gasteiger partial charge is 0.337 e. The van der Waals surface area contributed by atoms with Gasteiger partial charge in [0, 0.05) is 18.8 Å². The molecule has 0 amide bonds. The summed E-state index contributed by atoms with van der Waals surface area (Å²) in [5.74, 6) is 0.555. The van der Waals surface area contributed by atoms with Gasteiger partial charge in [-0.2, -0.15) is 0 Å². The molecule has 1 aliphatic heterocycles. The van der Waals surface area contributed by atoms with E-state index in [-0.39, 0.29) is 11.6 Å². The Hall–Kier alpha value is -2.60. The van der Waals surface area contributed by atoms with Crippen LogP contribution in [0.3, 0.4) is 0 Å². The van der Waals surface area contributed by atoms with E-state index in [9.17, 15) is 9.90 Å². The maximum absolute atomic E-state index is 11.3. The van der Waals surface area contributed by atoms with Crippen LogP contribution < -0.4 is 9.47 Å². The van der Waals surface area contributed by atoms with E-state index in [0.717, 1.165) is 17.1 Å². The van der Waals surface area contributed by atoms with E-state index in [0.29, 0.717) is 25.5 Å². The third-order valence-electron chi connectivity index (χ3n) is 4.23. The molecule has 0 bridgehead atoms. The molecule has 0 aliphatic carbocycles. The van der Waals surface area contributed by atoms with Crippen LogP contribution >= 0.6 is 0 Å². The average Bonchev–Trinajstić information content (AvgIpc) is 2.61. The molecule has 0 unspecified atom stereocenters. The maximum Gasteiger partial charge on any atom is 0.337 e. The molecule has 1 aliphatic rings. The number of aromatic carboxylic acids is 1. The molecule has 0 saturated carbocycles. The minimum absolute atomic E-state index is 0.0736. The van der Waals surface area contributed by atoms with Gasteiger partial charge in [-0.05, 0) is 43.8 Å². The molecule has 1 aromatic heterocycles. The van der Waals surface area contributed by atoms with E-state index in [1.54, 1.807) is 18.3 Å². The first-order chi connectivity index (χ1) is 11.6.